The number of aromatic nitrogens is 3. The highest BCUT2D eigenvalue weighted by Gasteiger charge is 2.17. The van der Waals surface area contributed by atoms with Crippen LogP contribution >= 0.6 is 0 Å². The summed E-state index contributed by atoms with van der Waals surface area (Å²) in [6, 6.07) is 55.4. The van der Waals surface area contributed by atoms with Gasteiger partial charge in [-0.3, -0.25) is 4.98 Å². The van der Waals surface area contributed by atoms with Crippen LogP contribution in [0.5, 0.6) is 0 Å². The molecule has 0 saturated carbocycles. The van der Waals surface area contributed by atoms with E-state index in [2.05, 4.69) is 132 Å². The first kappa shape index (κ1) is 26.2. The van der Waals surface area contributed by atoms with Crippen LogP contribution in [0.25, 0.3) is 88.2 Å². The molecule has 214 valence electrons. The fourth-order valence-electron chi connectivity index (χ4n) is 6.77. The molecular weight excluding hydrogens is 558 g/mol. The first-order valence-electron chi connectivity index (χ1n) is 15.5. The van der Waals surface area contributed by atoms with E-state index in [-0.39, 0.29) is 0 Å². The highest BCUT2D eigenvalue weighted by molar-refractivity contribution is 6.33. The van der Waals surface area contributed by atoms with Gasteiger partial charge in [-0.1, -0.05) is 121 Å². The summed E-state index contributed by atoms with van der Waals surface area (Å²) in [4.78, 5) is 14.7. The second-order valence-electron chi connectivity index (χ2n) is 11.6. The number of nitrogens with zero attached hydrogens (tertiary/aromatic N) is 3. The number of hydrogen-bond donors (Lipinski definition) is 0. The second-order valence-corrected chi connectivity index (χ2v) is 11.6. The molecule has 0 N–H and O–H groups in total. The average Bonchev–Trinajstić information content (AvgIpc) is 3.15. The highest BCUT2D eigenvalue weighted by Crippen LogP contribution is 2.42. The summed E-state index contributed by atoms with van der Waals surface area (Å²) in [5.41, 5.74) is 9.12. The Kier molecular flexibility index (Phi) is 6.14. The van der Waals surface area contributed by atoms with Gasteiger partial charge < -0.3 is 0 Å². The van der Waals surface area contributed by atoms with E-state index >= 15 is 0 Å². The Morgan fingerprint density at radius 1 is 0.326 bits per heavy atom. The Hall–Kier alpha value is -6.19. The van der Waals surface area contributed by atoms with Crippen LogP contribution in [0.1, 0.15) is 0 Å². The van der Waals surface area contributed by atoms with Crippen molar-refractivity contribution in [3.63, 3.8) is 0 Å². The maximum Gasteiger partial charge on any atom is 0.0893 e. The topological polar surface area (TPSA) is 38.7 Å². The molecule has 6 aromatic carbocycles. The smallest absolute Gasteiger partial charge is 0.0893 e. The molecule has 0 spiro atoms. The van der Waals surface area contributed by atoms with Crippen molar-refractivity contribution in [2.75, 3.05) is 0 Å². The van der Waals surface area contributed by atoms with E-state index in [1.807, 2.05) is 30.3 Å². The van der Waals surface area contributed by atoms with Crippen molar-refractivity contribution >= 4 is 43.2 Å². The van der Waals surface area contributed by atoms with Crippen molar-refractivity contribution in [1.82, 2.24) is 15.0 Å². The minimum Gasteiger partial charge on any atom is -0.255 e. The van der Waals surface area contributed by atoms with Gasteiger partial charge in [0, 0.05) is 33.5 Å². The third-order valence-corrected chi connectivity index (χ3v) is 8.90. The third-order valence-electron chi connectivity index (χ3n) is 8.90. The minimum absolute atomic E-state index is 0.864. The first-order valence-corrected chi connectivity index (χ1v) is 15.5. The van der Waals surface area contributed by atoms with Crippen molar-refractivity contribution in [3.05, 3.63) is 164 Å². The molecule has 0 unspecified atom stereocenters. The molecule has 0 amide bonds. The molecule has 0 radical (unpaired) electrons. The van der Waals surface area contributed by atoms with Crippen LogP contribution in [0.2, 0.25) is 0 Å². The van der Waals surface area contributed by atoms with Gasteiger partial charge in [0.1, 0.15) is 0 Å². The van der Waals surface area contributed by atoms with E-state index in [1.165, 1.54) is 37.7 Å². The number of para-hydroxylation sites is 1. The van der Waals surface area contributed by atoms with E-state index in [9.17, 15) is 0 Å². The zero-order valence-electron chi connectivity index (χ0n) is 24.9. The van der Waals surface area contributed by atoms with Crippen molar-refractivity contribution in [1.29, 1.82) is 0 Å². The molecule has 3 heterocycles. The predicted molar refractivity (Wildman–Crippen MR) is 192 cm³/mol. The maximum atomic E-state index is 5.31. The molecule has 3 nitrogen and oxygen atoms in total. The first-order chi connectivity index (χ1) is 22.8. The minimum atomic E-state index is 0.864. The average molecular weight is 586 g/mol. The van der Waals surface area contributed by atoms with Crippen molar-refractivity contribution in [3.8, 4) is 45.0 Å². The largest absolute Gasteiger partial charge is 0.255 e. The van der Waals surface area contributed by atoms with Gasteiger partial charge in [-0.15, -0.1) is 0 Å². The lowest BCUT2D eigenvalue weighted by Gasteiger charge is -2.16. The van der Waals surface area contributed by atoms with Crippen molar-refractivity contribution in [2.24, 2.45) is 0 Å². The zero-order chi connectivity index (χ0) is 30.5. The predicted octanol–water partition coefficient (Wildman–Crippen LogP) is 11.2. The van der Waals surface area contributed by atoms with Gasteiger partial charge in [-0.05, 0) is 69.1 Å². The summed E-state index contributed by atoms with van der Waals surface area (Å²) in [5, 5.41) is 8.62. The van der Waals surface area contributed by atoms with Crippen LogP contribution < -0.4 is 0 Å². The van der Waals surface area contributed by atoms with Crippen LogP contribution in [-0.2, 0) is 0 Å². The zero-order valence-corrected chi connectivity index (χ0v) is 24.9. The monoisotopic (exact) mass is 585 g/mol. The fourth-order valence-corrected chi connectivity index (χ4v) is 6.77. The summed E-state index contributed by atoms with van der Waals surface area (Å²) >= 11 is 0. The molecule has 9 rings (SSSR count). The fraction of sp³-hybridized carbons (Fsp3) is 0. The Morgan fingerprint density at radius 3 is 1.67 bits per heavy atom. The Labute approximate surface area is 266 Å². The van der Waals surface area contributed by atoms with Crippen LogP contribution in [0.4, 0.5) is 0 Å². The van der Waals surface area contributed by atoms with Crippen LogP contribution in [0, 0.1) is 0 Å². The quantitative estimate of drug-likeness (QED) is 0.193. The van der Waals surface area contributed by atoms with E-state index in [0.29, 0.717) is 0 Å². The Morgan fingerprint density at radius 2 is 0.913 bits per heavy atom. The molecule has 0 aliphatic carbocycles. The van der Waals surface area contributed by atoms with Gasteiger partial charge in [0.15, 0.2) is 0 Å². The van der Waals surface area contributed by atoms with Gasteiger partial charge in [-0.2, -0.15) is 0 Å². The Bertz CT molecular complexity index is 2570. The Balaban J connectivity index is 1.18. The van der Waals surface area contributed by atoms with E-state index in [1.54, 1.807) is 6.20 Å². The summed E-state index contributed by atoms with van der Waals surface area (Å²) in [7, 11) is 0. The molecule has 3 heteroatoms. The summed E-state index contributed by atoms with van der Waals surface area (Å²) in [5.74, 6) is 0. The SMILES string of the molecule is c1ccc(-c2cccc(-c3cccc(-c4ccc(-c5nc6ccccc6c6c7ccccc7c7ccccc7c56)cc4)c3)n2)nc1. The van der Waals surface area contributed by atoms with Crippen LogP contribution in [-0.4, -0.2) is 15.0 Å². The standard InChI is InChI=1S/C43H27N3/c1-3-15-34-32(13-1)33-14-2-4-16-35(33)42-41(34)36-17-5-6-18-38(36)46-43(42)29-24-22-28(23-25-29)30-11-9-12-31(27-30)37-20-10-21-40(45-37)39-19-7-8-26-44-39/h1-27H. The molecule has 9 aromatic rings. The summed E-state index contributed by atoms with van der Waals surface area (Å²) in [6.45, 7) is 0. The van der Waals surface area contributed by atoms with Gasteiger partial charge in [-0.25, -0.2) is 9.97 Å². The van der Waals surface area contributed by atoms with E-state index < -0.39 is 0 Å². The van der Waals surface area contributed by atoms with Gasteiger partial charge >= 0.3 is 0 Å². The molecule has 0 aliphatic heterocycles. The lowest BCUT2D eigenvalue weighted by atomic mass is 9.89. The molecule has 3 aromatic heterocycles. The number of fused-ring (bicyclic) bond motifs is 8. The van der Waals surface area contributed by atoms with E-state index in [0.717, 1.165) is 50.5 Å². The van der Waals surface area contributed by atoms with Crippen LogP contribution in [0.15, 0.2) is 164 Å². The molecule has 0 aliphatic rings. The lowest BCUT2D eigenvalue weighted by Crippen LogP contribution is -1.93. The molecule has 0 saturated heterocycles. The van der Waals surface area contributed by atoms with Gasteiger partial charge in [0.2, 0.25) is 0 Å². The van der Waals surface area contributed by atoms with Crippen molar-refractivity contribution < 1.29 is 0 Å². The second kappa shape index (κ2) is 10.8. The normalized spacial score (nSPS) is 11.5. The maximum absolute atomic E-state index is 5.31. The molecule has 46 heavy (non-hydrogen) atoms. The van der Waals surface area contributed by atoms with Gasteiger partial charge in [0.25, 0.3) is 0 Å². The van der Waals surface area contributed by atoms with Crippen LogP contribution in [0.3, 0.4) is 0 Å². The summed E-state index contributed by atoms with van der Waals surface area (Å²) < 4.78 is 0. The summed E-state index contributed by atoms with van der Waals surface area (Å²) in [6.07, 6.45) is 1.80. The number of rotatable bonds is 4. The highest BCUT2D eigenvalue weighted by atomic mass is 14.8. The third kappa shape index (κ3) is 4.33. The van der Waals surface area contributed by atoms with Crippen molar-refractivity contribution in [2.45, 2.75) is 0 Å². The number of hydrogen-bond acceptors (Lipinski definition) is 3. The molecule has 0 bridgehead atoms. The molecular formula is C43H27N3. The molecule has 0 atom stereocenters. The van der Waals surface area contributed by atoms with Gasteiger partial charge in [0.05, 0.1) is 28.3 Å². The number of pyridine rings is 3. The lowest BCUT2D eigenvalue weighted by molar-refractivity contribution is 1.25. The van der Waals surface area contributed by atoms with E-state index in [4.69, 9.17) is 9.97 Å². The molecule has 0 fully saturated rings. The number of benzene rings is 6.